The predicted molar refractivity (Wildman–Crippen MR) is 295 cm³/mol. The molecule has 6 nitrogen and oxygen atoms in total. The van der Waals surface area contributed by atoms with Gasteiger partial charge in [0.15, 0.2) is 17.5 Å². The molecule has 0 atom stereocenters. The first kappa shape index (κ1) is 40.5. The molecule has 6 heteroatoms. The molecule has 0 amide bonds. The number of para-hydroxylation sites is 2. The second-order valence-corrected chi connectivity index (χ2v) is 19.6. The highest BCUT2D eigenvalue weighted by molar-refractivity contribution is 6.18. The third-order valence-electron chi connectivity index (χ3n) is 15.2. The Bertz CT molecular complexity index is 4450. The Morgan fingerprint density at radius 1 is 0.319 bits per heavy atom. The van der Waals surface area contributed by atoms with E-state index >= 15 is 0 Å². The van der Waals surface area contributed by atoms with Gasteiger partial charge in [-0.1, -0.05) is 147 Å². The zero-order chi connectivity index (χ0) is 47.7. The molecule has 0 aliphatic heterocycles. The largest absolute Gasteiger partial charge is 0.456 e. The van der Waals surface area contributed by atoms with Gasteiger partial charge >= 0.3 is 0 Å². The van der Waals surface area contributed by atoms with Gasteiger partial charge in [0, 0.05) is 71.9 Å². The fourth-order valence-electron chi connectivity index (χ4n) is 11.6. The lowest BCUT2D eigenvalue weighted by Crippen LogP contribution is -2.14. The van der Waals surface area contributed by atoms with E-state index in [0.29, 0.717) is 17.5 Å². The first-order valence-electron chi connectivity index (χ1n) is 24.6. The summed E-state index contributed by atoms with van der Waals surface area (Å²) in [5.74, 6) is 1.90. The zero-order valence-corrected chi connectivity index (χ0v) is 39.5. The number of aromatic nitrogens is 5. The van der Waals surface area contributed by atoms with Crippen molar-refractivity contribution in [2.24, 2.45) is 0 Å². The number of hydrogen-bond acceptors (Lipinski definition) is 4. The SMILES string of the molecule is CC1(C)c2ccccc2-c2cc3c4cc(-c5ccc6oc7cc8c(cc7c6c5)c5ccccc5n8-c5ccc(-c6nc(-c7ccccc7)nc(-c7ccccc7)n6)cc5)ccc4n(-c4ccccc4)c3cc21. The minimum atomic E-state index is -0.100. The maximum Gasteiger partial charge on any atom is 0.164 e. The van der Waals surface area contributed by atoms with Crippen molar-refractivity contribution in [3.63, 3.8) is 0 Å². The van der Waals surface area contributed by atoms with E-state index in [4.69, 9.17) is 19.4 Å². The maximum atomic E-state index is 6.74. The zero-order valence-electron chi connectivity index (χ0n) is 39.5. The van der Waals surface area contributed by atoms with Gasteiger partial charge in [-0.05, 0) is 118 Å². The van der Waals surface area contributed by atoms with Gasteiger partial charge in [0.2, 0.25) is 0 Å². The number of hydrogen-bond donors (Lipinski definition) is 0. The van der Waals surface area contributed by atoms with Crippen LogP contribution in [0.2, 0.25) is 0 Å². The Morgan fingerprint density at radius 3 is 1.53 bits per heavy atom. The summed E-state index contributed by atoms with van der Waals surface area (Å²) in [6, 6.07) is 80.1. The van der Waals surface area contributed by atoms with Crippen molar-refractivity contribution in [3.05, 3.63) is 236 Å². The van der Waals surface area contributed by atoms with E-state index in [1.54, 1.807) is 0 Å². The van der Waals surface area contributed by atoms with Gasteiger partial charge in [-0.15, -0.1) is 0 Å². The van der Waals surface area contributed by atoms with Crippen LogP contribution in [-0.4, -0.2) is 24.1 Å². The lowest BCUT2D eigenvalue weighted by Gasteiger charge is -2.21. The van der Waals surface area contributed by atoms with E-state index in [0.717, 1.165) is 72.2 Å². The molecule has 15 rings (SSSR count). The Labute approximate surface area is 414 Å². The Morgan fingerprint density at radius 2 is 0.819 bits per heavy atom. The van der Waals surface area contributed by atoms with Gasteiger partial charge in [-0.2, -0.15) is 0 Å². The summed E-state index contributed by atoms with van der Waals surface area (Å²) in [5.41, 5.74) is 18.9. The van der Waals surface area contributed by atoms with Crippen molar-refractivity contribution in [2.45, 2.75) is 19.3 Å². The van der Waals surface area contributed by atoms with Crippen LogP contribution in [0.5, 0.6) is 0 Å². The third-order valence-corrected chi connectivity index (χ3v) is 15.2. The Balaban J connectivity index is 0.848. The van der Waals surface area contributed by atoms with Gasteiger partial charge < -0.3 is 13.6 Å². The molecule has 338 valence electrons. The van der Waals surface area contributed by atoms with E-state index in [-0.39, 0.29) is 5.41 Å². The van der Waals surface area contributed by atoms with Gasteiger partial charge in [0.05, 0.1) is 22.1 Å². The first-order chi connectivity index (χ1) is 35.4. The van der Waals surface area contributed by atoms with E-state index in [9.17, 15) is 0 Å². The fraction of sp³-hybridized carbons (Fsp3) is 0.0455. The van der Waals surface area contributed by atoms with Crippen molar-refractivity contribution in [1.29, 1.82) is 0 Å². The molecule has 0 unspecified atom stereocenters. The molecule has 0 fully saturated rings. The van der Waals surface area contributed by atoms with Crippen LogP contribution < -0.4 is 0 Å². The van der Waals surface area contributed by atoms with Crippen molar-refractivity contribution < 1.29 is 4.42 Å². The molecule has 0 saturated carbocycles. The highest BCUT2D eigenvalue weighted by Crippen LogP contribution is 2.51. The quantitative estimate of drug-likeness (QED) is 0.167. The monoisotopic (exact) mass is 921 g/mol. The third kappa shape index (κ3) is 6.05. The summed E-state index contributed by atoms with van der Waals surface area (Å²) in [5, 5.41) is 7.02. The van der Waals surface area contributed by atoms with Gasteiger partial charge in [0.1, 0.15) is 11.2 Å². The van der Waals surface area contributed by atoms with Crippen LogP contribution in [-0.2, 0) is 5.41 Å². The fourth-order valence-corrected chi connectivity index (χ4v) is 11.6. The molecule has 0 N–H and O–H groups in total. The van der Waals surface area contributed by atoms with Gasteiger partial charge in [-0.25, -0.2) is 15.0 Å². The minimum absolute atomic E-state index is 0.100. The molecule has 10 aromatic carbocycles. The molecule has 1 aliphatic carbocycles. The molecule has 4 aromatic heterocycles. The van der Waals surface area contributed by atoms with Crippen LogP contribution in [0.25, 0.3) is 133 Å². The van der Waals surface area contributed by atoms with Crippen molar-refractivity contribution in [1.82, 2.24) is 24.1 Å². The molecule has 14 aromatic rings. The minimum Gasteiger partial charge on any atom is -0.456 e. The molecular formula is C66H43N5O. The molecule has 0 bridgehead atoms. The van der Waals surface area contributed by atoms with E-state index in [1.807, 2.05) is 60.7 Å². The maximum absolute atomic E-state index is 6.74. The van der Waals surface area contributed by atoms with Crippen LogP contribution in [0.4, 0.5) is 0 Å². The average Bonchev–Trinajstić information content (AvgIpc) is 4.14. The van der Waals surface area contributed by atoms with E-state index < -0.39 is 0 Å². The van der Waals surface area contributed by atoms with Crippen LogP contribution in [0.1, 0.15) is 25.0 Å². The van der Waals surface area contributed by atoms with Crippen molar-refractivity contribution >= 4 is 65.6 Å². The summed E-state index contributed by atoms with van der Waals surface area (Å²) in [6.45, 7) is 4.72. The predicted octanol–water partition coefficient (Wildman–Crippen LogP) is 16.9. The second-order valence-electron chi connectivity index (χ2n) is 19.6. The van der Waals surface area contributed by atoms with Gasteiger partial charge in [-0.3, -0.25) is 0 Å². The molecule has 0 saturated heterocycles. The van der Waals surface area contributed by atoms with E-state index in [2.05, 4.69) is 187 Å². The summed E-state index contributed by atoms with van der Waals surface area (Å²) in [7, 11) is 0. The number of rotatable bonds is 6. The molecule has 72 heavy (non-hydrogen) atoms. The normalized spacial score (nSPS) is 13.0. The molecule has 1 aliphatic rings. The molecule has 0 spiro atoms. The number of fused-ring (bicyclic) bond motifs is 12. The number of benzene rings is 10. The smallest absolute Gasteiger partial charge is 0.164 e. The van der Waals surface area contributed by atoms with Crippen LogP contribution >= 0.6 is 0 Å². The lowest BCUT2D eigenvalue weighted by atomic mass is 9.82. The van der Waals surface area contributed by atoms with Crippen molar-refractivity contribution in [3.8, 4) is 67.8 Å². The summed E-state index contributed by atoms with van der Waals surface area (Å²) in [6.07, 6.45) is 0. The molecule has 0 radical (unpaired) electrons. The van der Waals surface area contributed by atoms with E-state index in [1.165, 1.54) is 54.8 Å². The summed E-state index contributed by atoms with van der Waals surface area (Å²) >= 11 is 0. The summed E-state index contributed by atoms with van der Waals surface area (Å²) < 4.78 is 11.5. The van der Waals surface area contributed by atoms with Crippen LogP contribution in [0, 0.1) is 0 Å². The van der Waals surface area contributed by atoms with Gasteiger partial charge in [0.25, 0.3) is 0 Å². The highest BCUT2D eigenvalue weighted by atomic mass is 16.3. The standard InChI is InChI=1S/C66H43N5O/c1-66(2)55-24-14-12-22-47(55)49-36-52-50-34-43(28-32-58(50)70(59(52)38-56(49)66)45-20-10-5-11-21-45)44-29-33-61-53(35-44)54-37-51-48-23-13-15-25-57(48)71(60(51)39-62(54)72-61)46-30-26-42(27-31-46)65-68-63(40-16-6-3-7-17-40)67-64(69-65)41-18-8-4-9-19-41/h3-39H,1-2H3. The second kappa shape index (κ2) is 15.3. The highest BCUT2D eigenvalue weighted by Gasteiger charge is 2.36. The van der Waals surface area contributed by atoms with Crippen LogP contribution in [0.3, 0.4) is 0 Å². The Kier molecular flexibility index (Phi) is 8.61. The van der Waals surface area contributed by atoms with Crippen LogP contribution in [0.15, 0.2) is 229 Å². The number of nitrogens with zero attached hydrogens (tertiary/aromatic N) is 5. The number of furan rings is 1. The first-order valence-corrected chi connectivity index (χ1v) is 24.6. The molecular weight excluding hydrogens is 879 g/mol. The molecule has 4 heterocycles. The summed E-state index contributed by atoms with van der Waals surface area (Å²) in [4.78, 5) is 14.9. The van der Waals surface area contributed by atoms with Crippen molar-refractivity contribution in [2.75, 3.05) is 0 Å². The average molecular weight is 922 g/mol. The lowest BCUT2D eigenvalue weighted by molar-refractivity contribution is 0.661. The topological polar surface area (TPSA) is 61.7 Å². The Hall–Kier alpha value is -9.39.